The molecule has 0 aliphatic heterocycles. The van der Waals surface area contributed by atoms with E-state index in [1.807, 2.05) is 45.9 Å². The number of benzene rings is 1. The van der Waals surface area contributed by atoms with Gasteiger partial charge in [-0.15, -0.1) is 0 Å². The summed E-state index contributed by atoms with van der Waals surface area (Å²) in [6.45, 7) is 9.14. The van der Waals surface area contributed by atoms with Crippen molar-refractivity contribution >= 4 is 5.78 Å². The van der Waals surface area contributed by atoms with Crippen LogP contribution in [0.25, 0.3) is 0 Å². The van der Waals surface area contributed by atoms with Crippen molar-refractivity contribution in [3.05, 3.63) is 23.8 Å². The number of carbonyl (C=O) groups is 1. The van der Waals surface area contributed by atoms with Crippen molar-refractivity contribution in [3.63, 3.8) is 0 Å². The zero-order chi connectivity index (χ0) is 15.0. The van der Waals surface area contributed by atoms with Gasteiger partial charge in [-0.1, -0.05) is 13.8 Å². The van der Waals surface area contributed by atoms with Crippen LogP contribution >= 0.6 is 0 Å². The molecule has 0 aromatic heterocycles. The number of rotatable bonds is 9. The molecule has 1 rings (SSSR count). The summed E-state index contributed by atoms with van der Waals surface area (Å²) in [6, 6.07) is 5.90. The highest BCUT2D eigenvalue weighted by Gasteiger charge is 2.09. The van der Waals surface area contributed by atoms with Crippen LogP contribution < -0.4 is 9.47 Å². The number of Topliss-reactive ketones (excluding diaryl/α,β-unsaturated/α-hetero) is 1. The molecule has 0 saturated carbocycles. The van der Waals surface area contributed by atoms with Crippen LogP contribution in [0.5, 0.6) is 11.5 Å². The van der Waals surface area contributed by atoms with Crippen LogP contribution in [0.3, 0.4) is 0 Å². The summed E-state index contributed by atoms with van der Waals surface area (Å²) in [5.41, 5.74) is 1.12. The van der Waals surface area contributed by atoms with Crippen molar-refractivity contribution < 1.29 is 14.3 Å². The molecule has 0 heterocycles. The first kappa shape index (κ1) is 16.5. The van der Waals surface area contributed by atoms with E-state index >= 15 is 0 Å². The summed E-state index contributed by atoms with van der Waals surface area (Å²) in [6.07, 6.45) is 2.32. The molecule has 0 radical (unpaired) electrons. The van der Waals surface area contributed by atoms with Crippen molar-refractivity contribution in [1.29, 1.82) is 0 Å². The third-order valence-electron chi connectivity index (χ3n) is 3.16. The van der Waals surface area contributed by atoms with Crippen LogP contribution in [0, 0.1) is 5.92 Å². The second kappa shape index (κ2) is 8.62. The predicted molar refractivity (Wildman–Crippen MR) is 81.6 cm³/mol. The topological polar surface area (TPSA) is 35.5 Å². The molecule has 0 N–H and O–H groups in total. The highest BCUT2D eigenvalue weighted by Crippen LogP contribution is 2.26. The Balaban J connectivity index is 2.69. The Kier molecular flexibility index (Phi) is 7.13. The maximum atomic E-state index is 11.7. The monoisotopic (exact) mass is 278 g/mol. The first-order valence-corrected chi connectivity index (χ1v) is 7.49. The molecule has 0 saturated heterocycles. The van der Waals surface area contributed by atoms with Gasteiger partial charge in [-0.05, 0) is 50.5 Å². The van der Waals surface area contributed by atoms with E-state index in [-0.39, 0.29) is 5.92 Å². The molecule has 20 heavy (non-hydrogen) atoms. The van der Waals surface area contributed by atoms with E-state index in [0.29, 0.717) is 25.4 Å². The highest BCUT2D eigenvalue weighted by molar-refractivity contribution is 5.80. The Bertz CT molecular complexity index is 424. The van der Waals surface area contributed by atoms with E-state index < -0.39 is 0 Å². The minimum absolute atomic E-state index is 0.121. The molecule has 1 aromatic carbocycles. The maximum absolute atomic E-state index is 11.7. The molecular formula is C17H26O3. The second-order valence-corrected chi connectivity index (χ2v) is 5.11. The van der Waals surface area contributed by atoms with Crippen LogP contribution in [-0.4, -0.2) is 19.0 Å². The van der Waals surface area contributed by atoms with Gasteiger partial charge >= 0.3 is 0 Å². The first-order valence-electron chi connectivity index (χ1n) is 7.49. The molecule has 0 unspecified atom stereocenters. The molecule has 0 amide bonds. The molecule has 112 valence electrons. The normalized spacial score (nSPS) is 10.7. The lowest BCUT2D eigenvalue weighted by Gasteiger charge is -2.12. The standard InChI is InChI=1S/C17H26O3/c1-5-19-15-10-11-17(20-6-2)14(12-15)8-7-9-16(18)13(3)4/h10-13H,5-9H2,1-4H3. The Morgan fingerprint density at radius 1 is 1.15 bits per heavy atom. The lowest BCUT2D eigenvalue weighted by atomic mass is 10.0. The van der Waals surface area contributed by atoms with Crippen LogP contribution in [-0.2, 0) is 11.2 Å². The summed E-state index contributed by atoms with van der Waals surface area (Å²) >= 11 is 0. The van der Waals surface area contributed by atoms with E-state index in [4.69, 9.17) is 9.47 Å². The third-order valence-corrected chi connectivity index (χ3v) is 3.16. The van der Waals surface area contributed by atoms with Crippen molar-refractivity contribution in [3.8, 4) is 11.5 Å². The Hall–Kier alpha value is -1.51. The number of ether oxygens (including phenoxy) is 2. The number of hydrogen-bond acceptors (Lipinski definition) is 3. The molecule has 3 heteroatoms. The molecule has 0 fully saturated rings. The fourth-order valence-corrected chi connectivity index (χ4v) is 2.05. The molecule has 0 atom stereocenters. The van der Waals surface area contributed by atoms with Gasteiger partial charge in [-0.25, -0.2) is 0 Å². The number of ketones is 1. The summed E-state index contributed by atoms with van der Waals surface area (Å²) in [4.78, 5) is 11.7. The van der Waals surface area contributed by atoms with Crippen LogP contribution in [0.15, 0.2) is 18.2 Å². The molecule has 0 aliphatic rings. The SMILES string of the molecule is CCOc1ccc(OCC)c(CCCC(=O)C(C)C)c1. The van der Waals surface area contributed by atoms with Crippen molar-refractivity contribution in [2.45, 2.75) is 47.0 Å². The van der Waals surface area contributed by atoms with E-state index in [0.717, 1.165) is 29.9 Å². The summed E-state index contributed by atoms with van der Waals surface area (Å²) < 4.78 is 11.2. The Labute approximate surface area is 122 Å². The van der Waals surface area contributed by atoms with Crippen LogP contribution in [0.4, 0.5) is 0 Å². The molecule has 3 nitrogen and oxygen atoms in total. The summed E-state index contributed by atoms with van der Waals surface area (Å²) in [5, 5.41) is 0. The second-order valence-electron chi connectivity index (χ2n) is 5.11. The zero-order valence-corrected chi connectivity index (χ0v) is 13.1. The van der Waals surface area contributed by atoms with Gasteiger partial charge in [0.05, 0.1) is 13.2 Å². The number of carbonyl (C=O) groups excluding carboxylic acids is 1. The summed E-state index contributed by atoms with van der Waals surface area (Å²) in [7, 11) is 0. The molecule has 1 aromatic rings. The lowest BCUT2D eigenvalue weighted by molar-refractivity contribution is -0.121. The number of hydrogen-bond donors (Lipinski definition) is 0. The minimum atomic E-state index is 0.121. The van der Waals surface area contributed by atoms with E-state index in [2.05, 4.69) is 0 Å². The average Bonchev–Trinajstić information content (AvgIpc) is 2.41. The average molecular weight is 278 g/mol. The molecule has 0 bridgehead atoms. The molecule has 0 spiro atoms. The fourth-order valence-electron chi connectivity index (χ4n) is 2.05. The Morgan fingerprint density at radius 2 is 1.85 bits per heavy atom. The first-order chi connectivity index (χ1) is 9.58. The van der Waals surface area contributed by atoms with E-state index in [1.165, 1.54) is 0 Å². The maximum Gasteiger partial charge on any atom is 0.135 e. The molecular weight excluding hydrogens is 252 g/mol. The van der Waals surface area contributed by atoms with Gasteiger partial charge in [0, 0.05) is 12.3 Å². The van der Waals surface area contributed by atoms with Crippen molar-refractivity contribution in [2.24, 2.45) is 5.92 Å². The van der Waals surface area contributed by atoms with E-state index in [9.17, 15) is 4.79 Å². The van der Waals surface area contributed by atoms with Crippen molar-refractivity contribution in [2.75, 3.05) is 13.2 Å². The van der Waals surface area contributed by atoms with Crippen LogP contribution in [0.2, 0.25) is 0 Å². The van der Waals surface area contributed by atoms with Gasteiger partial charge in [0.25, 0.3) is 0 Å². The molecule has 0 aliphatic carbocycles. The fraction of sp³-hybridized carbons (Fsp3) is 0.588. The summed E-state index contributed by atoms with van der Waals surface area (Å²) in [5.74, 6) is 2.20. The van der Waals surface area contributed by atoms with Gasteiger partial charge in [0.1, 0.15) is 17.3 Å². The van der Waals surface area contributed by atoms with Gasteiger partial charge in [0.15, 0.2) is 0 Å². The third kappa shape index (κ3) is 5.24. The van der Waals surface area contributed by atoms with Crippen LogP contribution in [0.1, 0.15) is 46.1 Å². The van der Waals surface area contributed by atoms with Gasteiger partial charge in [0.2, 0.25) is 0 Å². The zero-order valence-electron chi connectivity index (χ0n) is 13.1. The minimum Gasteiger partial charge on any atom is -0.494 e. The number of aryl methyl sites for hydroxylation is 1. The van der Waals surface area contributed by atoms with Gasteiger partial charge in [-0.2, -0.15) is 0 Å². The quantitative estimate of drug-likeness (QED) is 0.684. The largest absolute Gasteiger partial charge is 0.494 e. The Morgan fingerprint density at radius 3 is 2.45 bits per heavy atom. The van der Waals surface area contributed by atoms with Gasteiger partial charge in [-0.3, -0.25) is 4.79 Å². The smallest absolute Gasteiger partial charge is 0.135 e. The highest BCUT2D eigenvalue weighted by atomic mass is 16.5. The predicted octanol–water partition coefficient (Wildman–Crippen LogP) is 4.03. The van der Waals surface area contributed by atoms with Crippen molar-refractivity contribution in [1.82, 2.24) is 0 Å². The van der Waals surface area contributed by atoms with E-state index in [1.54, 1.807) is 0 Å². The van der Waals surface area contributed by atoms with Gasteiger partial charge < -0.3 is 9.47 Å². The lowest BCUT2D eigenvalue weighted by Crippen LogP contribution is -2.07.